The monoisotopic (exact) mass is 235 g/mol. The van der Waals surface area contributed by atoms with Gasteiger partial charge in [0.2, 0.25) is 0 Å². The summed E-state index contributed by atoms with van der Waals surface area (Å²) in [6.45, 7) is 9.18. The first-order chi connectivity index (χ1) is 7.97. The van der Waals surface area contributed by atoms with Crippen LogP contribution in [0.1, 0.15) is 62.6 Å². The summed E-state index contributed by atoms with van der Waals surface area (Å²) in [5.74, 6) is 1.18. The van der Waals surface area contributed by atoms with Crippen LogP contribution in [0.15, 0.2) is 12.1 Å². The van der Waals surface area contributed by atoms with Gasteiger partial charge in [0.1, 0.15) is 5.75 Å². The molecule has 0 spiro atoms. The van der Waals surface area contributed by atoms with Crippen LogP contribution in [0.25, 0.3) is 0 Å². The standard InChI is InChI=1S/C15H25NO/c1-10(2)13-8-12(6-5-7-16)9-14(11(3)4)15(13)17/h8-11,17H,5-7,16H2,1-4H3. The molecule has 0 amide bonds. The lowest BCUT2D eigenvalue weighted by molar-refractivity contribution is 0.454. The maximum Gasteiger partial charge on any atom is 0.122 e. The van der Waals surface area contributed by atoms with Gasteiger partial charge in [0.05, 0.1) is 0 Å². The Bertz CT molecular complexity index is 340. The van der Waals surface area contributed by atoms with E-state index in [1.165, 1.54) is 5.56 Å². The number of nitrogens with two attached hydrogens (primary N) is 1. The molecule has 0 aromatic heterocycles. The Morgan fingerprint density at radius 1 is 1.06 bits per heavy atom. The summed E-state index contributed by atoms with van der Waals surface area (Å²) in [5.41, 5.74) is 8.96. The van der Waals surface area contributed by atoms with Gasteiger partial charge in [-0.3, -0.25) is 0 Å². The van der Waals surface area contributed by atoms with Crippen LogP contribution in [0.3, 0.4) is 0 Å². The van der Waals surface area contributed by atoms with E-state index in [1.807, 2.05) is 0 Å². The molecule has 0 fully saturated rings. The molecule has 17 heavy (non-hydrogen) atoms. The second kappa shape index (κ2) is 6.06. The molecule has 0 saturated carbocycles. The largest absolute Gasteiger partial charge is 0.507 e. The highest BCUT2D eigenvalue weighted by molar-refractivity contribution is 5.46. The normalized spacial score (nSPS) is 11.5. The van der Waals surface area contributed by atoms with Crippen LogP contribution in [0.2, 0.25) is 0 Å². The summed E-state index contributed by atoms with van der Waals surface area (Å²) in [7, 11) is 0. The van der Waals surface area contributed by atoms with Crippen LogP contribution in [-0.4, -0.2) is 11.7 Å². The molecular weight excluding hydrogens is 210 g/mol. The third-order valence-electron chi connectivity index (χ3n) is 3.14. The predicted octanol–water partition coefficient (Wildman–Crippen LogP) is 3.53. The van der Waals surface area contributed by atoms with Crippen molar-refractivity contribution in [3.63, 3.8) is 0 Å². The highest BCUT2D eigenvalue weighted by atomic mass is 16.3. The average Bonchev–Trinajstić information content (AvgIpc) is 2.26. The molecule has 0 bridgehead atoms. The number of benzene rings is 1. The van der Waals surface area contributed by atoms with Crippen LogP contribution >= 0.6 is 0 Å². The predicted molar refractivity (Wildman–Crippen MR) is 73.7 cm³/mol. The quantitative estimate of drug-likeness (QED) is 0.820. The molecule has 0 unspecified atom stereocenters. The zero-order valence-corrected chi connectivity index (χ0v) is 11.5. The van der Waals surface area contributed by atoms with E-state index in [0.717, 1.165) is 30.5 Å². The summed E-state index contributed by atoms with van der Waals surface area (Å²) in [6.07, 6.45) is 2.00. The van der Waals surface area contributed by atoms with Crippen molar-refractivity contribution in [1.29, 1.82) is 0 Å². The Kier molecular flexibility index (Phi) is 5.01. The molecule has 1 aromatic carbocycles. The topological polar surface area (TPSA) is 46.2 Å². The molecule has 2 heteroatoms. The van der Waals surface area contributed by atoms with Crippen LogP contribution in [-0.2, 0) is 6.42 Å². The smallest absolute Gasteiger partial charge is 0.122 e. The number of hydrogen-bond acceptors (Lipinski definition) is 2. The number of aromatic hydroxyl groups is 1. The molecule has 0 atom stereocenters. The van der Waals surface area contributed by atoms with E-state index < -0.39 is 0 Å². The first-order valence-electron chi connectivity index (χ1n) is 6.53. The number of aryl methyl sites for hydroxylation is 1. The summed E-state index contributed by atoms with van der Waals surface area (Å²) >= 11 is 0. The van der Waals surface area contributed by atoms with Crippen molar-refractivity contribution in [2.24, 2.45) is 5.73 Å². The number of phenols is 1. The van der Waals surface area contributed by atoms with Crippen molar-refractivity contribution >= 4 is 0 Å². The van der Waals surface area contributed by atoms with Crippen molar-refractivity contribution in [2.75, 3.05) is 6.54 Å². The van der Waals surface area contributed by atoms with Crippen LogP contribution < -0.4 is 5.73 Å². The van der Waals surface area contributed by atoms with E-state index in [1.54, 1.807) is 0 Å². The maximum atomic E-state index is 10.3. The van der Waals surface area contributed by atoms with Gasteiger partial charge in [-0.2, -0.15) is 0 Å². The molecule has 0 aliphatic heterocycles. The molecule has 96 valence electrons. The van der Waals surface area contributed by atoms with Gasteiger partial charge in [-0.1, -0.05) is 39.8 Å². The van der Waals surface area contributed by atoms with E-state index >= 15 is 0 Å². The average molecular weight is 235 g/mol. The minimum Gasteiger partial charge on any atom is -0.507 e. The van der Waals surface area contributed by atoms with Crippen LogP contribution in [0.5, 0.6) is 5.75 Å². The van der Waals surface area contributed by atoms with Gasteiger partial charge in [0.25, 0.3) is 0 Å². The van der Waals surface area contributed by atoms with Crippen molar-refractivity contribution in [3.05, 3.63) is 28.8 Å². The third kappa shape index (κ3) is 3.47. The molecule has 3 N–H and O–H groups in total. The molecule has 1 rings (SSSR count). The molecule has 0 heterocycles. The van der Waals surface area contributed by atoms with E-state index in [9.17, 15) is 5.11 Å². The molecule has 0 aliphatic carbocycles. The molecule has 0 radical (unpaired) electrons. The van der Waals surface area contributed by atoms with Gasteiger partial charge in [-0.15, -0.1) is 0 Å². The third-order valence-corrected chi connectivity index (χ3v) is 3.14. The Morgan fingerprint density at radius 2 is 1.53 bits per heavy atom. The lowest BCUT2D eigenvalue weighted by Gasteiger charge is -2.17. The molecule has 0 saturated heterocycles. The maximum absolute atomic E-state index is 10.3. The fourth-order valence-electron chi connectivity index (χ4n) is 2.08. The minimum atomic E-state index is 0.352. The van der Waals surface area contributed by atoms with Gasteiger partial charge in [0.15, 0.2) is 0 Å². The summed E-state index contributed by atoms with van der Waals surface area (Å²) in [6, 6.07) is 4.25. The molecule has 2 nitrogen and oxygen atoms in total. The molecule has 1 aromatic rings. The lowest BCUT2D eigenvalue weighted by Crippen LogP contribution is -2.03. The van der Waals surface area contributed by atoms with Gasteiger partial charge in [-0.05, 0) is 47.9 Å². The highest BCUT2D eigenvalue weighted by Crippen LogP contribution is 2.34. The van der Waals surface area contributed by atoms with E-state index in [2.05, 4.69) is 39.8 Å². The fraction of sp³-hybridized carbons (Fsp3) is 0.600. The van der Waals surface area contributed by atoms with Gasteiger partial charge in [0, 0.05) is 0 Å². The molecule has 0 aliphatic rings. The second-order valence-corrected chi connectivity index (χ2v) is 5.32. The van der Waals surface area contributed by atoms with Crippen LogP contribution in [0.4, 0.5) is 0 Å². The Labute approximate surface area is 105 Å². The van der Waals surface area contributed by atoms with Gasteiger partial charge < -0.3 is 10.8 Å². The number of phenolic OH excluding ortho intramolecular Hbond substituents is 1. The number of rotatable bonds is 5. The summed E-state index contributed by atoms with van der Waals surface area (Å²) in [5, 5.41) is 10.3. The van der Waals surface area contributed by atoms with Gasteiger partial charge >= 0.3 is 0 Å². The highest BCUT2D eigenvalue weighted by Gasteiger charge is 2.14. The van der Waals surface area contributed by atoms with Crippen molar-refractivity contribution in [3.8, 4) is 5.75 Å². The SMILES string of the molecule is CC(C)c1cc(CCCN)cc(C(C)C)c1O. The van der Waals surface area contributed by atoms with Crippen LogP contribution in [0, 0.1) is 0 Å². The van der Waals surface area contributed by atoms with E-state index in [-0.39, 0.29) is 0 Å². The van der Waals surface area contributed by atoms with E-state index in [0.29, 0.717) is 17.6 Å². The van der Waals surface area contributed by atoms with Crippen molar-refractivity contribution in [2.45, 2.75) is 52.4 Å². The minimum absolute atomic E-state index is 0.352. The Hall–Kier alpha value is -1.02. The Morgan fingerprint density at radius 3 is 1.88 bits per heavy atom. The fourth-order valence-corrected chi connectivity index (χ4v) is 2.08. The summed E-state index contributed by atoms with van der Waals surface area (Å²) < 4.78 is 0. The number of hydrogen-bond donors (Lipinski definition) is 2. The van der Waals surface area contributed by atoms with E-state index in [4.69, 9.17) is 5.73 Å². The van der Waals surface area contributed by atoms with Crippen molar-refractivity contribution in [1.82, 2.24) is 0 Å². The Balaban J connectivity index is 3.17. The first kappa shape index (κ1) is 14.0. The molecular formula is C15H25NO. The van der Waals surface area contributed by atoms with Gasteiger partial charge in [-0.25, -0.2) is 0 Å². The first-order valence-corrected chi connectivity index (χ1v) is 6.53. The zero-order chi connectivity index (χ0) is 13.0. The van der Waals surface area contributed by atoms with Crippen molar-refractivity contribution < 1.29 is 5.11 Å². The zero-order valence-electron chi connectivity index (χ0n) is 11.5. The second-order valence-electron chi connectivity index (χ2n) is 5.32. The lowest BCUT2D eigenvalue weighted by atomic mass is 9.90. The summed E-state index contributed by atoms with van der Waals surface area (Å²) in [4.78, 5) is 0.